The van der Waals surface area contributed by atoms with Gasteiger partial charge < -0.3 is 29.3 Å². The van der Waals surface area contributed by atoms with E-state index in [2.05, 4.69) is 39.7 Å². The van der Waals surface area contributed by atoms with E-state index in [0.29, 0.717) is 34.3 Å². The first-order chi connectivity index (χ1) is 25.6. The number of carbonyl (C=O) groups excluding carboxylic acids is 2. The van der Waals surface area contributed by atoms with Crippen LogP contribution in [0.5, 0.6) is 11.5 Å². The Morgan fingerprint density at radius 1 is 0.792 bits per heavy atom. The second-order valence-electron chi connectivity index (χ2n) is 12.2. The number of amides is 2. The Labute approximate surface area is 304 Å². The normalized spacial score (nSPS) is 10.8. The number of rotatable bonds is 13. The molecule has 12 heteroatoms. The summed E-state index contributed by atoms with van der Waals surface area (Å²) in [5.41, 5.74) is 6.23. The lowest BCUT2D eigenvalue weighted by atomic mass is 10.0. The lowest BCUT2D eigenvalue weighted by Crippen LogP contribution is -2.35. The van der Waals surface area contributed by atoms with Crippen molar-refractivity contribution in [3.63, 3.8) is 0 Å². The summed E-state index contributed by atoms with van der Waals surface area (Å²) in [6.45, 7) is 1.53. The summed E-state index contributed by atoms with van der Waals surface area (Å²) in [5, 5.41) is 16.4. The maximum absolute atomic E-state index is 14.5. The Morgan fingerprint density at radius 3 is 2.00 bits per heavy atom. The van der Waals surface area contributed by atoms with Crippen LogP contribution in [0.1, 0.15) is 27.0 Å². The molecule has 268 valence electrons. The molecular formula is C41H35FN4O7. The maximum atomic E-state index is 14.5. The molecule has 2 N–H and O–H groups in total. The summed E-state index contributed by atoms with van der Waals surface area (Å²) in [5.74, 6) is -1.55. The van der Waals surface area contributed by atoms with Crippen LogP contribution >= 0.6 is 0 Å². The number of aromatic nitrogens is 2. The number of carbonyl (C=O) groups is 3. The molecule has 2 amide bonds. The minimum absolute atomic E-state index is 0.0195. The summed E-state index contributed by atoms with van der Waals surface area (Å²) in [7, 11) is 2.80. The number of carboxylic acid groups (broad SMARTS) is 1. The van der Waals surface area contributed by atoms with Gasteiger partial charge in [-0.1, -0.05) is 71.4 Å². The number of nitrogens with one attached hydrogen (secondary N) is 1. The van der Waals surface area contributed by atoms with Crippen molar-refractivity contribution in [2.24, 2.45) is 0 Å². The fourth-order valence-electron chi connectivity index (χ4n) is 5.64. The molecule has 0 spiro atoms. The zero-order valence-electron chi connectivity index (χ0n) is 29.1. The number of hydrogen-bond acceptors (Lipinski definition) is 8. The monoisotopic (exact) mass is 714 g/mol. The fourth-order valence-corrected chi connectivity index (χ4v) is 5.64. The number of anilines is 1. The average molecular weight is 715 g/mol. The van der Waals surface area contributed by atoms with E-state index in [1.165, 1.54) is 55.0 Å². The minimum Gasteiger partial charge on any atom is -0.493 e. The molecule has 0 atom stereocenters. The number of ether oxygens (including phenoxy) is 2. The molecule has 5 aromatic carbocycles. The molecule has 0 aliphatic rings. The van der Waals surface area contributed by atoms with Gasteiger partial charge in [-0.25, -0.2) is 4.39 Å². The Morgan fingerprint density at radius 2 is 1.38 bits per heavy atom. The predicted molar refractivity (Wildman–Crippen MR) is 196 cm³/mol. The van der Waals surface area contributed by atoms with Crippen molar-refractivity contribution < 1.29 is 37.9 Å². The maximum Gasteiger partial charge on any atom is 0.323 e. The molecule has 1 heterocycles. The molecule has 0 aliphatic heterocycles. The van der Waals surface area contributed by atoms with E-state index >= 15 is 0 Å². The summed E-state index contributed by atoms with van der Waals surface area (Å²) in [6, 6.07) is 31.8. The number of benzene rings is 5. The van der Waals surface area contributed by atoms with Crippen molar-refractivity contribution in [1.82, 2.24) is 15.0 Å². The van der Waals surface area contributed by atoms with Gasteiger partial charge in [0.1, 0.15) is 12.4 Å². The van der Waals surface area contributed by atoms with Crippen LogP contribution in [0.4, 0.5) is 10.1 Å². The highest BCUT2D eigenvalue weighted by molar-refractivity contribution is 5.97. The number of carboxylic acids is 1. The van der Waals surface area contributed by atoms with Crippen LogP contribution in [0, 0.1) is 12.7 Å². The summed E-state index contributed by atoms with van der Waals surface area (Å²) < 4.78 is 30.3. The molecule has 6 aromatic rings. The van der Waals surface area contributed by atoms with Crippen LogP contribution in [0.15, 0.2) is 114 Å². The van der Waals surface area contributed by atoms with E-state index < -0.39 is 30.1 Å². The van der Waals surface area contributed by atoms with Gasteiger partial charge in [0, 0.05) is 40.6 Å². The number of methoxy groups -OCH3 is 2. The molecule has 11 nitrogen and oxygen atoms in total. The van der Waals surface area contributed by atoms with Crippen molar-refractivity contribution in [2.45, 2.75) is 19.9 Å². The molecule has 0 aliphatic carbocycles. The van der Waals surface area contributed by atoms with E-state index in [-0.39, 0.29) is 29.8 Å². The first-order valence-corrected chi connectivity index (χ1v) is 16.5. The molecule has 0 saturated heterocycles. The van der Waals surface area contributed by atoms with Gasteiger partial charge in [-0.15, -0.1) is 0 Å². The van der Waals surface area contributed by atoms with Gasteiger partial charge in [-0.05, 0) is 66.1 Å². The highest BCUT2D eigenvalue weighted by Crippen LogP contribution is 2.30. The third-order valence-electron chi connectivity index (χ3n) is 8.46. The van der Waals surface area contributed by atoms with Gasteiger partial charge in [0.25, 0.3) is 11.8 Å². The van der Waals surface area contributed by atoms with Gasteiger partial charge >= 0.3 is 5.97 Å². The molecular weight excluding hydrogens is 679 g/mol. The number of hydrogen-bond donors (Lipinski definition) is 2. The van der Waals surface area contributed by atoms with Gasteiger partial charge in [-0.3, -0.25) is 14.4 Å². The quantitative estimate of drug-likeness (QED) is 0.125. The van der Waals surface area contributed by atoms with Crippen LogP contribution in [0.2, 0.25) is 0 Å². The molecule has 6 rings (SSSR count). The Kier molecular flexibility index (Phi) is 10.9. The van der Waals surface area contributed by atoms with Crippen LogP contribution < -0.4 is 14.8 Å². The molecule has 0 unspecified atom stereocenters. The fraction of sp³-hybridized carbons (Fsp3) is 0.146. The molecule has 0 fully saturated rings. The Hall–Kier alpha value is -6.82. The number of nitrogens with zero attached hydrogens (tertiary/aromatic N) is 3. The van der Waals surface area contributed by atoms with Crippen molar-refractivity contribution in [3.05, 3.63) is 137 Å². The second kappa shape index (κ2) is 16.0. The van der Waals surface area contributed by atoms with E-state index in [4.69, 9.17) is 14.0 Å². The summed E-state index contributed by atoms with van der Waals surface area (Å²) in [6.07, 6.45) is -0.269. The van der Waals surface area contributed by atoms with Crippen molar-refractivity contribution in [1.29, 1.82) is 0 Å². The Balaban J connectivity index is 1.08. The molecule has 1 aromatic heterocycles. The zero-order valence-corrected chi connectivity index (χ0v) is 29.1. The SMILES string of the molecule is COc1cc(F)c(CC(=O)Nc2ccc(C(=O)N(CC(=O)O)Cc3ccc(-c4noc(-c5ccc(-c6ccc(C)cc6)cc5)n4)cc3)cc2)cc1OC. The van der Waals surface area contributed by atoms with Gasteiger partial charge in [0.05, 0.1) is 20.6 Å². The zero-order chi connectivity index (χ0) is 37.5. The smallest absolute Gasteiger partial charge is 0.323 e. The van der Waals surface area contributed by atoms with E-state index in [1.807, 2.05) is 31.2 Å². The van der Waals surface area contributed by atoms with Crippen molar-refractivity contribution in [3.8, 4) is 45.5 Å². The van der Waals surface area contributed by atoms with Crippen molar-refractivity contribution in [2.75, 3.05) is 26.1 Å². The van der Waals surface area contributed by atoms with Gasteiger partial charge in [0.15, 0.2) is 11.5 Å². The predicted octanol–water partition coefficient (Wildman–Crippen LogP) is 7.44. The third-order valence-corrected chi connectivity index (χ3v) is 8.46. The highest BCUT2D eigenvalue weighted by Gasteiger charge is 2.20. The minimum atomic E-state index is -1.17. The summed E-state index contributed by atoms with van der Waals surface area (Å²) >= 11 is 0. The second-order valence-corrected chi connectivity index (χ2v) is 12.2. The summed E-state index contributed by atoms with van der Waals surface area (Å²) in [4.78, 5) is 43.6. The lowest BCUT2D eigenvalue weighted by Gasteiger charge is -2.21. The van der Waals surface area contributed by atoms with Crippen LogP contribution in [-0.4, -0.2) is 58.7 Å². The molecule has 0 radical (unpaired) electrons. The van der Waals surface area contributed by atoms with Crippen molar-refractivity contribution >= 4 is 23.5 Å². The van der Waals surface area contributed by atoms with E-state index in [0.717, 1.165) is 22.8 Å². The van der Waals surface area contributed by atoms with Gasteiger partial charge in [0.2, 0.25) is 11.7 Å². The van der Waals surface area contributed by atoms with Gasteiger partial charge in [-0.2, -0.15) is 4.98 Å². The van der Waals surface area contributed by atoms with Crippen LogP contribution in [0.25, 0.3) is 34.0 Å². The van der Waals surface area contributed by atoms with Crippen LogP contribution in [0.3, 0.4) is 0 Å². The Bertz CT molecular complexity index is 2240. The highest BCUT2D eigenvalue weighted by atomic mass is 19.1. The largest absolute Gasteiger partial charge is 0.493 e. The number of aliphatic carboxylic acids is 1. The number of halogens is 1. The lowest BCUT2D eigenvalue weighted by molar-refractivity contribution is -0.137. The average Bonchev–Trinajstić information content (AvgIpc) is 3.66. The standard InChI is InChI=1S/C41H35FN4O7/c1-25-4-8-27(9-5-25)28-12-14-30(15-13-28)40-44-39(45-53-40)29-10-6-26(7-11-29)23-46(24-38(48)49)41(50)31-16-18-33(19-17-31)43-37(47)21-32-20-35(51-2)36(52-3)22-34(32)42/h4-20,22H,21,23-24H2,1-3H3,(H,43,47)(H,48,49). The molecule has 0 bridgehead atoms. The topological polar surface area (TPSA) is 144 Å². The first-order valence-electron chi connectivity index (χ1n) is 16.5. The van der Waals surface area contributed by atoms with Crippen LogP contribution in [-0.2, 0) is 22.6 Å². The third kappa shape index (κ3) is 8.74. The van der Waals surface area contributed by atoms with E-state index in [9.17, 15) is 23.9 Å². The molecule has 0 saturated carbocycles. The molecule has 53 heavy (non-hydrogen) atoms. The number of aryl methyl sites for hydroxylation is 1. The first kappa shape index (κ1) is 36.0. The van der Waals surface area contributed by atoms with E-state index in [1.54, 1.807) is 24.3 Å².